The van der Waals surface area contributed by atoms with Crippen molar-refractivity contribution in [1.82, 2.24) is 10.3 Å². The molecule has 2 rings (SSSR count). The summed E-state index contributed by atoms with van der Waals surface area (Å²) in [5.74, 6) is 0.765. The number of hydrazone groups is 1. The zero-order valence-electron chi connectivity index (χ0n) is 12.7. The van der Waals surface area contributed by atoms with Crippen LogP contribution >= 0.6 is 0 Å². The van der Waals surface area contributed by atoms with Crippen LogP contribution in [0.15, 0.2) is 21.4 Å². The molecule has 5 nitrogen and oxygen atoms in total. The molecule has 1 atom stereocenters. The SMILES string of the molecule is CCCCCCCCC1=C(CC)N=C2NC=NN2C1N. The van der Waals surface area contributed by atoms with E-state index in [1.807, 2.05) is 0 Å². The van der Waals surface area contributed by atoms with Crippen molar-refractivity contribution >= 4 is 12.3 Å². The lowest BCUT2D eigenvalue weighted by molar-refractivity contribution is 0.355. The fraction of sp³-hybridized carbons (Fsp3) is 0.733. The monoisotopic (exact) mass is 277 g/mol. The molecule has 0 fully saturated rings. The van der Waals surface area contributed by atoms with Crippen molar-refractivity contribution < 1.29 is 0 Å². The molecule has 5 heteroatoms. The molecule has 0 spiro atoms. The average molecular weight is 277 g/mol. The van der Waals surface area contributed by atoms with Crippen LogP contribution in [0.4, 0.5) is 0 Å². The molecular weight excluding hydrogens is 250 g/mol. The zero-order valence-corrected chi connectivity index (χ0v) is 12.7. The maximum atomic E-state index is 6.33. The fourth-order valence-electron chi connectivity index (χ4n) is 2.77. The molecular formula is C15H27N5. The van der Waals surface area contributed by atoms with Crippen molar-refractivity contribution in [3.63, 3.8) is 0 Å². The quantitative estimate of drug-likeness (QED) is 0.670. The minimum Gasteiger partial charge on any atom is -0.314 e. The number of unbranched alkanes of at least 4 members (excludes halogenated alkanes) is 5. The lowest BCUT2D eigenvalue weighted by atomic mass is 9.99. The van der Waals surface area contributed by atoms with Gasteiger partial charge >= 0.3 is 0 Å². The summed E-state index contributed by atoms with van der Waals surface area (Å²) in [6.45, 7) is 4.39. The predicted molar refractivity (Wildman–Crippen MR) is 84.2 cm³/mol. The fourth-order valence-corrected chi connectivity index (χ4v) is 2.77. The molecule has 3 N–H and O–H groups in total. The summed E-state index contributed by atoms with van der Waals surface area (Å²) in [5, 5.41) is 9.05. The minimum absolute atomic E-state index is 0.153. The van der Waals surface area contributed by atoms with E-state index in [2.05, 4.69) is 29.3 Å². The number of hydrogen-bond acceptors (Lipinski definition) is 5. The third-order valence-corrected chi connectivity index (χ3v) is 3.96. The highest BCUT2D eigenvalue weighted by molar-refractivity contribution is 5.95. The first-order chi connectivity index (χ1) is 9.77. The van der Waals surface area contributed by atoms with Gasteiger partial charge in [-0.2, -0.15) is 5.10 Å². The Kier molecular flexibility index (Phi) is 5.59. The third kappa shape index (κ3) is 3.39. The third-order valence-electron chi connectivity index (χ3n) is 3.96. The average Bonchev–Trinajstić information content (AvgIpc) is 2.93. The Hall–Kier alpha value is -1.36. The van der Waals surface area contributed by atoms with Crippen molar-refractivity contribution in [2.24, 2.45) is 15.8 Å². The molecule has 2 aliphatic rings. The topological polar surface area (TPSA) is 66.0 Å². The van der Waals surface area contributed by atoms with Crippen molar-refractivity contribution in [2.75, 3.05) is 0 Å². The standard InChI is InChI=1S/C15H27N5/c1-3-5-6-7-8-9-10-12-13(4-2)19-15-17-11-18-20(15)14(12)16/h11,14H,3-10,16H2,1-2H3,(H,17,18,19). The maximum absolute atomic E-state index is 6.33. The highest BCUT2D eigenvalue weighted by Gasteiger charge is 2.30. The minimum atomic E-state index is -0.153. The molecule has 20 heavy (non-hydrogen) atoms. The lowest BCUT2D eigenvalue weighted by Gasteiger charge is -2.30. The maximum Gasteiger partial charge on any atom is 0.226 e. The van der Waals surface area contributed by atoms with Gasteiger partial charge in [0.05, 0.1) is 0 Å². The van der Waals surface area contributed by atoms with Crippen LogP contribution in [0.2, 0.25) is 0 Å². The highest BCUT2D eigenvalue weighted by Crippen LogP contribution is 2.27. The van der Waals surface area contributed by atoms with E-state index in [0.717, 1.165) is 24.5 Å². The first-order valence-corrected chi connectivity index (χ1v) is 7.92. The summed E-state index contributed by atoms with van der Waals surface area (Å²) in [6.07, 6.45) is 11.3. The van der Waals surface area contributed by atoms with Gasteiger partial charge in [0.25, 0.3) is 0 Å². The first kappa shape index (κ1) is 15.0. The molecule has 0 aliphatic carbocycles. The molecule has 2 heterocycles. The number of guanidine groups is 1. The van der Waals surface area contributed by atoms with Gasteiger partial charge in [0.1, 0.15) is 12.5 Å². The van der Waals surface area contributed by atoms with Gasteiger partial charge in [-0.1, -0.05) is 46.0 Å². The second-order valence-electron chi connectivity index (χ2n) is 5.46. The predicted octanol–water partition coefficient (Wildman–Crippen LogP) is 2.90. The van der Waals surface area contributed by atoms with Gasteiger partial charge in [0.15, 0.2) is 0 Å². The van der Waals surface area contributed by atoms with Crippen molar-refractivity contribution in [1.29, 1.82) is 0 Å². The number of nitrogens with one attached hydrogen (secondary N) is 1. The van der Waals surface area contributed by atoms with E-state index in [-0.39, 0.29) is 6.17 Å². The van der Waals surface area contributed by atoms with Crippen molar-refractivity contribution in [3.8, 4) is 0 Å². The molecule has 1 unspecified atom stereocenters. The Bertz CT molecular complexity index is 410. The van der Waals surface area contributed by atoms with E-state index in [1.54, 1.807) is 11.3 Å². The van der Waals surface area contributed by atoms with Crippen LogP contribution in [0.3, 0.4) is 0 Å². The lowest BCUT2D eigenvalue weighted by Crippen LogP contribution is -2.47. The van der Waals surface area contributed by atoms with Crippen LogP contribution in [0.25, 0.3) is 0 Å². The van der Waals surface area contributed by atoms with Gasteiger partial charge in [-0.3, -0.25) is 0 Å². The molecule has 0 radical (unpaired) electrons. The van der Waals surface area contributed by atoms with Gasteiger partial charge in [-0.05, 0) is 24.8 Å². The van der Waals surface area contributed by atoms with Crippen molar-refractivity contribution in [2.45, 2.75) is 71.4 Å². The number of hydrogen-bond donors (Lipinski definition) is 2. The van der Waals surface area contributed by atoms with Gasteiger partial charge in [-0.25, -0.2) is 10.0 Å². The summed E-state index contributed by atoms with van der Waals surface area (Å²) in [7, 11) is 0. The number of aliphatic imine (C=N–C) groups is 1. The first-order valence-electron chi connectivity index (χ1n) is 7.92. The molecule has 0 saturated carbocycles. The molecule has 0 bridgehead atoms. The molecule has 0 amide bonds. The van der Waals surface area contributed by atoms with Crippen LogP contribution in [0.5, 0.6) is 0 Å². The van der Waals surface area contributed by atoms with Gasteiger partial charge < -0.3 is 11.1 Å². The van der Waals surface area contributed by atoms with Crippen LogP contribution in [0.1, 0.15) is 65.2 Å². The van der Waals surface area contributed by atoms with E-state index in [0.29, 0.717) is 0 Å². The summed E-state index contributed by atoms with van der Waals surface area (Å²) in [5.41, 5.74) is 8.72. The summed E-state index contributed by atoms with van der Waals surface area (Å²) >= 11 is 0. The number of fused-ring (bicyclic) bond motifs is 1. The summed E-state index contributed by atoms with van der Waals surface area (Å²) in [4.78, 5) is 4.63. The number of allylic oxidation sites excluding steroid dienone is 1. The zero-order chi connectivity index (χ0) is 14.4. The molecule has 0 aromatic heterocycles. The summed E-state index contributed by atoms with van der Waals surface area (Å²) in [6, 6.07) is 0. The Morgan fingerprint density at radius 3 is 2.70 bits per heavy atom. The number of nitrogens with two attached hydrogens (primary N) is 1. The van der Waals surface area contributed by atoms with Gasteiger partial charge in [-0.15, -0.1) is 0 Å². The number of nitrogens with zero attached hydrogens (tertiary/aromatic N) is 3. The smallest absolute Gasteiger partial charge is 0.226 e. The largest absolute Gasteiger partial charge is 0.314 e. The Morgan fingerprint density at radius 2 is 1.95 bits per heavy atom. The number of rotatable bonds is 8. The van der Waals surface area contributed by atoms with Crippen LogP contribution in [0, 0.1) is 0 Å². The summed E-state index contributed by atoms with van der Waals surface area (Å²) < 4.78 is 0. The molecule has 0 aromatic rings. The molecule has 0 saturated heterocycles. The van der Waals surface area contributed by atoms with Crippen molar-refractivity contribution in [3.05, 3.63) is 11.3 Å². The van der Waals surface area contributed by atoms with Gasteiger partial charge in [0.2, 0.25) is 5.96 Å². The van der Waals surface area contributed by atoms with E-state index in [1.165, 1.54) is 44.1 Å². The van der Waals surface area contributed by atoms with Crippen LogP contribution in [-0.4, -0.2) is 23.5 Å². The highest BCUT2D eigenvalue weighted by atomic mass is 15.6. The molecule has 2 aliphatic heterocycles. The van der Waals surface area contributed by atoms with E-state index in [9.17, 15) is 0 Å². The molecule has 112 valence electrons. The Labute approximate surface area is 122 Å². The normalized spacial score (nSPS) is 21.1. The van der Waals surface area contributed by atoms with Crippen LogP contribution in [-0.2, 0) is 0 Å². The second kappa shape index (κ2) is 7.43. The van der Waals surface area contributed by atoms with E-state index >= 15 is 0 Å². The Morgan fingerprint density at radius 1 is 1.20 bits per heavy atom. The van der Waals surface area contributed by atoms with E-state index < -0.39 is 0 Å². The van der Waals surface area contributed by atoms with E-state index in [4.69, 9.17) is 5.73 Å². The second-order valence-corrected chi connectivity index (χ2v) is 5.46. The Balaban J connectivity index is 1.89. The molecule has 0 aromatic carbocycles. The van der Waals surface area contributed by atoms with Crippen LogP contribution < -0.4 is 11.1 Å². The van der Waals surface area contributed by atoms with Gasteiger partial charge in [0, 0.05) is 5.70 Å².